The largest absolute Gasteiger partial charge is 0.379 e. The maximum atomic E-state index is 12.2. The number of sulfonamides is 1. The highest BCUT2D eigenvalue weighted by atomic mass is 32.2. The molecule has 1 aromatic carbocycles. The second-order valence-corrected chi connectivity index (χ2v) is 6.71. The van der Waals surface area contributed by atoms with E-state index in [1.165, 1.54) is 12.1 Å². The van der Waals surface area contributed by atoms with Gasteiger partial charge in [0.05, 0.1) is 17.1 Å². The first-order valence-electron chi connectivity index (χ1n) is 6.41. The maximum absolute atomic E-state index is 12.2. The van der Waals surface area contributed by atoms with Crippen LogP contribution in [-0.2, 0) is 14.8 Å². The summed E-state index contributed by atoms with van der Waals surface area (Å²) in [6.45, 7) is 5.64. The summed E-state index contributed by atoms with van der Waals surface area (Å²) in [6, 6.07) is 10.0. The molecule has 0 aromatic heterocycles. The van der Waals surface area contributed by atoms with Gasteiger partial charge in [0.2, 0.25) is 10.0 Å². The van der Waals surface area contributed by atoms with Crippen molar-refractivity contribution in [2.24, 2.45) is 0 Å². The molecule has 1 atom stereocenters. The van der Waals surface area contributed by atoms with Crippen LogP contribution < -0.4 is 4.72 Å². The summed E-state index contributed by atoms with van der Waals surface area (Å²) in [4.78, 5) is 0.145. The van der Waals surface area contributed by atoms with E-state index in [4.69, 9.17) is 4.74 Å². The summed E-state index contributed by atoms with van der Waals surface area (Å²) in [5.74, 6) is 0. The smallest absolute Gasteiger partial charge is 0.241 e. The molecule has 0 saturated carbocycles. The zero-order chi connectivity index (χ0) is 15.2. The van der Waals surface area contributed by atoms with Crippen molar-refractivity contribution >= 4 is 10.0 Å². The lowest BCUT2D eigenvalue weighted by Crippen LogP contribution is -2.45. The Labute approximate surface area is 120 Å². The van der Waals surface area contributed by atoms with Gasteiger partial charge in [-0.3, -0.25) is 0 Å². The second-order valence-electron chi connectivity index (χ2n) is 5.03. The standard InChI is InChI=1S/C14H20N2O3S/c1-12(2)19-10-9-14(3,11-15)16-20(17,18)13-7-5-4-6-8-13/h4-8,12,16H,9-10H2,1-3H3. The highest BCUT2D eigenvalue weighted by Gasteiger charge is 2.30. The average Bonchev–Trinajstić information content (AvgIpc) is 2.39. The lowest BCUT2D eigenvalue weighted by molar-refractivity contribution is 0.0694. The first-order chi connectivity index (χ1) is 9.29. The van der Waals surface area contributed by atoms with Crippen molar-refractivity contribution in [3.05, 3.63) is 30.3 Å². The molecular weight excluding hydrogens is 276 g/mol. The maximum Gasteiger partial charge on any atom is 0.241 e. The van der Waals surface area contributed by atoms with Gasteiger partial charge < -0.3 is 4.74 Å². The third kappa shape index (κ3) is 4.93. The summed E-state index contributed by atoms with van der Waals surface area (Å²) >= 11 is 0. The van der Waals surface area contributed by atoms with Gasteiger partial charge >= 0.3 is 0 Å². The fourth-order valence-corrected chi connectivity index (χ4v) is 2.96. The predicted molar refractivity (Wildman–Crippen MR) is 76.5 cm³/mol. The van der Waals surface area contributed by atoms with E-state index in [1.54, 1.807) is 25.1 Å². The molecule has 1 N–H and O–H groups in total. The van der Waals surface area contributed by atoms with Gasteiger partial charge in [-0.05, 0) is 32.9 Å². The number of nitriles is 1. The molecule has 6 heteroatoms. The van der Waals surface area contributed by atoms with Gasteiger partial charge in [0.25, 0.3) is 0 Å². The van der Waals surface area contributed by atoms with Crippen LogP contribution in [0.4, 0.5) is 0 Å². The Morgan fingerprint density at radius 2 is 1.95 bits per heavy atom. The first kappa shape index (κ1) is 16.6. The Bertz CT molecular complexity index is 564. The number of hydrogen-bond acceptors (Lipinski definition) is 4. The minimum absolute atomic E-state index is 0.0451. The molecule has 0 radical (unpaired) electrons. The summed E-state index contributed by atoms with van der Waals surface area (Å²) < 4.78 is 32.2. The van der Waals surface area contributed by atoms with Crippen LogP contribution in [0.25, 0.3) is 0 Å². The van der Waals surface area contributed by atoms with Crippen LogP contribution >= 0.6 is 0 Å². The van der Waals surface area contributed by atoms with Gasteiger partial charge in [-0.1, -0.05) is 18.2 Å². The highest BCUT2D eigenvalue weighted by Crippen LogP contribution is 2.15. The van der Waals surface area contributed by atoms with Crippen molar-refractivity contribution in [2.45, 2.75) is 43.7 Å². The molecule has 110 valence electrons. The molecular formula is C14H20N2O3S. The summed E-state index contributed by atoms with van der Waals surface area (Å²) in [7, 11) is -3.71. The second kappa shape index (κ2) is 6.84. The molecule has 0 fully saturated rings. The van der Waals surface area contributed by atoms with Crippen LogP contribution in [0.15, 0.2) is 35.2 Å². The van der Waals surface area contributed by atoms with Crippen molar-refractivity contribution in [1.82, 2.24) is 4.72 Å². The quantitative estimate of drug-likeness (QED) is 0.835. The van der Waals surface area contributed by atoms with Crippen LogP contribution in [0.3, 0.4) is 0 Å². The Balaban J connectivity index is 2.80. The predicted octanol–water partition coefficient (Wildman–Crippen LogP) is 2.06. The molecule has 1 rings (SSSR count). The van der Waals surface area contributed by atoms with Crippen molar-refractivity contribution in [2.75, 3.05) is 6.61 Å². The van der Waals surface area contributed by atoms with Gasteiger partial charge in [-0.2, -0.15) is 9.98 Å². The summed E-state index contributed by atoms with van der Waals surface area (Å²) in [5, 5.41) is 9.23. The van der Waals surface area contributed by atoms with Crippen LogP contribution in [0, 0.1) is 11.3 Å². The molecule has 0 aliphatic heterocycles. The third-order valence-corrected chi connectivity index (χ3v) is 4.33. The summed E-state index contributed by atoms with van der Waals surface area (Å²) in [5.41, 5.74) is -1.19. The number of nitrogens with zero attached hydrogens (tertiary/aromatic N) is 1. The van der Waals surface area contributed by atoms with Gasteiger partial charge in [-0.25, -0.2) is 8.42 Å². The molecule has 0 heterocycles. The lowest BCUT2D eigenvalue weighted by Gasteiger charge is -2.23. The molecule has 20 heavy (non-hydrogen) atoms. The molecule has 0 amide bonds. The van der Waals surface area contributed by atoms with Crippen molar-refractivity contribution in [3.8, 4) is 6.07 Å². The lowest BCUT2D eigenvalue weighted by atomic mass is 10.0. The van der Waals surface area contributed by atoms with Crippen molar-refractivity contribution in [3.63, 3.8) is 0 Å². The van der Waals surface area contributed by atoms with Crippen molar-refractivity contribution < 1.29 is 13.2 Å². The van der Waals surface area contributed by atoms with Gasteiger partial charge in [0.1, 0.15) is 5.54 Å². The average molecular weight is 296 g/mol. The van der Waals surface area contributed by atoms with E-state index in [0.717, 1.165) is 0 Å². The number of benzene rings is 1. The van der Waals surface area contributed by atoms with E-state index in [2.05, 4.69) is 4.72 Å². The summed E-state index contributed by atoms with van der Waals surface area (Å²) in [6.07, 6.45) is 0.331. The van der Waals surface area contributed by atoms with E-state index in [9.17, 15) is 13.7 Å². The number of hydrogen-bond donors (Lipinski definition) is 1. The van der Waals surface area contributed by atoms with Gasteiger partial charge in [0.15, 0.2) is 0 Å². The zero-order valence-electron chi connectivity index (χ0n) is 12.0. The Morgan fingerprint density at radius 1 is 1.35 bits per heavy atom. The SMILES string of the molecule is CC(C)OCCC(C)(C#N)NS(=O)(=O)c1ccccc1. The van der Waals surface area contributed by atoms with E-state index < -0.39 is 15.6 Å². The van der Waals surface area contributed by atoms with Gasteiger partial charge in [0, 0.05) is 13.0 Å². The molecule has 0 aliphatic rings. The first-order valence-corrected chi connectivity index (χ1v) is 7.89. The van der Waals surface area contributed by atoms with E-state index in [0.29, 0.717) is 6.61 Å². The normalized spacial score (nSPS) is 14.8. The third-order valence-electron chi connectivity index (χ3n) is 2.71. The molecule has 0 bridgehead atoms. The minimum atomic E-state index is -3.71. The topological polar surface area (TPSA) is 79.2 Å². The van der Waals surface area contributed by atoms with Crippen LogP contribution in [0.1, 0.15) is 27.2 Å². The van der Waals surface area contributed by atoms with Crippen molar-refractivity contribution in [1.29, 1.82) is 5.26 Å². The fourth-order valence-electron chi connectivity index (χ4n) is 1.58. The number of rotatable bonds is 7. The number of ether oxygens (including phenoxy) is 1. The molecule has 0 saturated heterocycles. The van der Waals surface area contributed by atoms with Crippen LogP contribution in [0.5, 0.6) is 0 Å². The van der Waals surface area contributed by atoms with Crippen LogP contribution in [0.2, 0.25) is 0 Å². The fraction of sp³-hybridized carbons (Fsp3) is 0.500. The Hall–Kier alpha value is -1.42. The highest BCUT2D eigenvalue weighted by molar-refractivity contribution is 7.89. The van der Waals surface area contributed by atoms with Crippen LogP contribution in [-0.4, -0.2) is 26.7 Å². The van der Waals surface area contributed by atoms with Gasteiger partial charge in [-0.15, -0.1) is 0 Å². The monoisotopic (exact) mass is 296 g/mol. The van der Waals surface area contributed by atoms with E-state index in [-0.39, 0.29) is 17.4 Å². The van der Waals surface area contributed by atoms with E-state index in [1.807, 2.05) is 19.9 Å². The molecule has 0 aliphatic carbocycles. The number of nitrogens with one attached hydrogen (secondary N) is 1. The molecule has 5 nitrogen and oxygen atoms in total. The molecule has 1 aromatic rings. The Morgan fingerprint density at radius 3 is 2.45 bits per heavy atom. The molecule has 0 spiro atoms. The zero-order valence-corrected chi connectivity index (χ0v) is 12.8. The minimum Gasteiger partial charge on any atom is -0.379 e. The molecule has 1 unspecified atom stereocenters. The van der Waals surface area contributed by atoms with E-state index >= 15 is 0 Å². The Kier molecular flexibility index (Phi) is 5.69.